The molecule has 372 valence electrons. The van der Waals surface area contributed by atoms with Crippen molar-refractivity contribution in [2.45, 2.75) is 91.6 Å². The van der Waals surface area contributed by atoms with Gasteiger partial charge >= 0.3 is 11.8 Å². The second kappa shape index (κ2) is 21.1. The number of aliphatic hydroxyl groups is 2. The number of carbonyl (C=O) groups excluding carboxylic acids is 5. The number of carbonyl (C=O) groups is 5. The molecule has 10 atom stereocenters. The molecule has 0 spiro atoms. The lowest BCUT2D eigenvalue weighted by Gasteiger charge is -2.42. The Morgan fingerprint density at radius 2 is 1.49 bits per heavy atom. The van der Waals surface area contributed by atoms with E-state index >= 15 is 4.79 Å². The number of hydrogen-bond acceptors (Lipinski definition) is 14. The van der Waals surface area contributed by atoms with Crippen LogP contribution >= 0.6 is 11.6 Å². The average Bonchev–Trinajstić information content (AvgIpc) is 3.61. The first-order valence-corrected chi connectivity index (χ1v) is 23.9. The molecule has 8 rings (SSSR count). The van der Waals surface area contributed by atoms with Gasteiger partial charge < -0.3 is 44.5 Å². The number of esters is 1. The van der Waals surface area contributed by atoms with Gasteiger partial charge in [0.25, 0.3) is 11.7 Å². The molecule has 0 unspecified atom stereocenters. The molecular weight excluding hydrogens is 918 g/mol. The summed E-state index contributed by atoms with van der Waals surface area (Å²) in [6.07, 6.45) is 3.43. The Hall–Kier alpha value is -6.10. The topological polar surface area (TPSA) is 201 Å². The molecule has 15 nitrogen and oxygen atoms in total. The zero-order valence-electron chi connectivity index (χ0n) is 40.9. The number of aliphatic hydroxyl groups excluding tert-OH is 2. The van der Waals surface area contributed by atoms with E-state index in [1.165, 1.54) is 53.2 Å². The van der Waals surface area contributed by atoms with Gasteiger partial charge in [0.15, 0.2) is 0 Å². The quantitative estimate of drug-likeness (QED) is 0.184. The second-order valence-corrected chi connectivity index (χ2v) is 19.3. The summed E-state index contributed by atoms with van der Waals surface area (Å²) in [5.74, 6) is -9.25. The molecule has 4 heterocycles. The number of nitrogens with one attached hydrogen (secondary N) is 1. The number of rotatable bonds is 6. The van der Waals surface area contributed by atoms with Gasteiger partial charge in [0.2, 0.25) is 11.6 Å². The largest absolute Gasteiger partial charge is 0.507 e. The Labute approximate surface area is 413 Å². The molecule has 1 fully saturated rings. The van der Waals surface area contributed by atoms with Crippen LogP contribution in [0, 0.1) is 30.6 Å². The van der Waals surface area contributed by atoms with E-state index in [9.17, 15) is 34.5 Å². The standard InChI is InChI=1S/C54H62ClN3O12/c1-28-14-13-15-29(2)53(66)56-42-44(58-25-23-57(24-26-58)43(35-16-11-10-12-17-35)36-18-20-37(55)21-19-36)49(64)39-40(48(42)63)47(62)33(6)51-41(39)52(65)54(8,70-51)68-27-22-38(67-9)30(3)50(69-34(7)59)32(5)46(61)31(4)45(28)60/h10-22,27-28,30-32,38,43,45-46,50,60-62H,23-26H2,1-9H3,(H,56,66)/b14-13+,27-22+,29-15-/t28-,30+,31+,32-,38-,43+,45-,46-,50+,54-/m0/s1. The van der Waals surface area contributed by atoms with E-state index in [0.29, 0.717) is 18.1 Å². The maximum absolute atomic E-state index is 15.3. The average molecular weight is 981 g/mol. The van der Waals surface area contributed by atoms with Crippen molar-refractivity contribution >= 4 is 40.8 Å². The number of allylic oxidation sites excluding steroid dienone is 4. The van der Waals surface area contributed by atoms with Crippen LogP contribution in [0.3, 0.4) is 0 Å². The summed E-state index contributed by atoms with van der Waals surface area (Å²) in [5.41, 5.74) is 0.537. The van der Waals surface area contributed by atoms with E-state index in [1.54, 1.807) is 44.7 Å². The Morgan fingerprint density at radius 1 is 0.843 bits per heavy atom. The number of phenolic OH excluding ortho intramolecular Hbond substituents is 1. The minimum absolute atomic E-state index is 0.00567. The smallest absolute Gasteiger partial charge is 0.312 e. The van der Waals surface area contributed by atoms with Crippen molar-refractivity contribution in [3.8, 4) is 11.5 Å². The van der Waals surface area contributed by atoms with Gasteiger partial charge in [0, 0.05) is 87.0 Å². The molecule has 3 aromatic rings. The summed E-state index contributed by atoms with van der Waals surface area (Å²) in [6, 6.07) is 17.4. The number of Topliss-reactive ketones (excluding diaryl/α,β-unsaturated/α-hetero) is 3. The van der Waals surface area contributed by atoms with Gasteiger partial charge in [0.1, 0.15) is 29.0 Å². The molecule has 5 aliphatic rings. The lowest BCUT2D eigenvalue weighted by Crippen LogP contribution is -2.50. The fourth-order valence-corrected chi connectivity index (χ4v) is 10.2. The summed E-state index contributed by atoms with van der Waals surface area (Å²) >= 11 is 6.29. The number of piperazine rings is 1. The molecule has 3 aromatic carbocycles. The van der Waals surface area contributed by atoms with Crippen molar-refractivity contribution in [2.24, 2.45) is 23.7 Å². The zero-order chi connectivity index (χ0) is 50.9. The Kier molecular flexibility index (Phi) is 15.6. The number of ether oxygens (including phenoxy) is 4. The van der Waals surface area contributed by atoms with Crippen LogP contribution in [-0.4, -0.2) is 118 Å². The maximum Gasteiger partial charge on any atom is 0.312 e. The Balaban J connectivity index is 1.32. The van der Waals surface area contributed by atoms with Crippen molar-refractivity contribution in [1.82, 2.24) is 15.1 Å². The van der Waals surface area contributed by atoms with Crippen LogP contribution in [-0.2, 0) is 23.8 Å². The monoisotopic (exact) mass is 979 g/mol. The van der Waals surface area contributed by atoms with Crippen molar-refractivity contribution in [3.05, 3.63) is 141 Å². The zero-order valence-corrected chi connectivity index (χ0v) is 41.7. The van der Waals surface area contributed by atoms with Gasteiger partial charge in [-0.05, 0) is 43.2 Å². The number of ketones is 3. The predicted octanol–water partition coefficient (Wildman–Crippen LogP) is 7.02. The molecule has 16 heteroatoms. The minimum Gasteiger partial charge on any atom is -0.507 e. The van der Waals surface area contributed by atoms with Gasteiger partial charge in [-0.2, -0.15) is 0 Å². The minimum atomic E-state index is -2.11. The lowest BCUT2D eigenvalue weighted by atomic mass is 9.78. The first kappa shape index (κ1) is 51.7. The Bertz CT molecular complexity index is 2650. The van der Waals surface area contributed by atoms with Gasteiger partial charge in [-0.3, -0.25) is 28.9 Å². The van der Waals surface area contributed by atoms with E-state index in [-0.39, 0.29) is 58.5 Å². The highest BCUT2D eigenvalue weighted by Gasteiger charge is 2.53. The van der Waals surface area contributed by atoms with Gasteiger partial charge in [-0.25, -0.2) is 0 Å². The van der Waals surface area contributed by atoms with Crippen LogP contribution < -0.4 is 10.1 Å². The van der Waals surface area contributed by atoms with Crippen LogP contribution in [0.5, 0.6) is 11.5 Å². The van der Waals surface area contributed by atoms with E-state index in [4.69, 9.17) is 30.5 Å². The number of aromatic hydroxyl groups is 1. The van der Waals surface area contributed by atoms with Crippen molar-refractivity contribution in [3.63, 3.8) is 0 Å². The maximum atomic E-state index is 15.3. The number of halogens is 1. The molecule has 1 saturated heterocycles. The van der Waals surface area contributed by atoms with E-state index < -0.39 is 94.4 Å². The second-order valence-electron chi connectivity index (χ2n) is 18.9. The number of nitrogens with zero attached hydrogens (tertiary/aromatic N) is 2. The van der Waals surface area contributed by atoms with E-state index in [1.807, 2.05) is 54.6 Å². The summed E-state index contributed by atoms with van der Waals surface area (Å²) in [4.78, 5) is 75.6. The normalized spacial score (nSPS) is 30.2. The van der Waals surface area contributed by atoms with E-state index in [0.717, 1.165) is 11.1 Å². The van der Waals surface area contributed by atoms with Crippen LogP contribution in [0.15, 0.2) is 102 Å². The molecule has 70 heavy (non-hydrogen) atoms. The highest BCUT2D eigenvalue weighted by atomic mass is 35.5. The number of fused-ring (bicyclic) bond motifs is 14. The highest BCUT2D eigenvalue weighted by molar-refractivity contribution is 6.32. The number of benzene rings is 3. The number of amides is 1. The SMILES string of the molecule is CO[C@H]1/C=C/O[C@@]2(C)Oc3c(C)c(O)c4c(c3C2=O)C(=O)C(N2CCN([C@H](c3ccccc3)c3ccc(Cl)cc3)CC2)=C(NC(=O)/C(C)=C\C=C\[C@H](C)[C@H](O)[C@@H](C)[C@H](O)[C@H](C)[C@H](OC(C)=O)[C@@H]1C)C4=O. The molecule has 1 amide bonds. The van der Waals surface area contributed by atoms with Crippen LogP contribution in [0.4, 0.5) is 0 Å². The third-order valence-corrected chi connectivity index (χ3v) is 14.5. The number of hydrogen-bond donors (Lipinski definition) is 4. The fraction of sp³-hybridized carbons (Fsp3) is 0.426. The third-order valence-electron chi connectivity index (χ3n) is 14.2. The predicted molar refractivity (Wildman–Crippen MR) is 261 cm³/mol. The summed E-state index contributed by atoms with van der Waals surface area (Å²) in [7, 11) is 1.43. The molecule has 0 saturated carbocycles. The van der Waals surface area contributed by atoms with Gasteiger partial charge in [-0.15, -0.1) is 0 Å². The molecule has 4 aliphatic heterocycles. The van der Waals surface area contributed by atoms with Crippen molar-refractivity contribution < 1.29 is 58.2 Å². The number of methoxy groups -OCH3 is 1. The Morgan fingerprint density at radius 3 is 2.11 bits per heavy atom. The highest BCUT2D eigenvalue weighted by Crippen LogP contribution is 2.49. The van der Waals surface area contributed by atoms with Crippen molar-refractivity contribution in [2.75, 3.05) is 33.3 Å². The van der Waals surface area contributed by atoms with Gasteiger partial charge in [-0.1, -0.05) is 100.0 Å². The number of phenols is 1. The van der Waals surface area contributed by atoms with Crippen LogP contribution in [0.25, 0.3) is 0 Å². The summed E-state index contributed by atoms with van der Waals surface area (Å²) in [5, 5.41) is 38.2. The molecule has 4 N–H and O–H groups in total. The first-order valence-electron chi connectivity index (χ1n) is 23.5. The van der Waals surface area contributed by atoms with E-state index in [2.05, 4.69) is 10.2 Å². The summed E-state index contributed by atoms with van der Waals surface area (Å²) in [6.45, 7) is 13.7. The summed E-state index contributed by atoms with van der Waals surface area (Å²) < 4.78 is 23.8. The van der Waals surface area contributed by atoms with Crippen LogP contribution in [0.2, 0.25) is 5.02 Å². The molecule has 5 bridgehead atoms. The van der Waals surface area contributed by atoms with Gasteiger partial charge in [0.05, 0.1) is 47.3 Å². The van der Waals surface area contributed by atoms with Crippen LogP contribution in [0.1, 0.15) is 102 Å². The molecular formula is C54H62ClN3O12. The molecule has 0 aromatic heterocycles. The fourth-order valence-electron chi connectivity index (χ4n) is 10.1. The first-order chi connectivity index (χ1) is 33.2. The molecule has 1 aliphatic carbocycles. The molecule has 0 radical (unpaired) electrons. The third kappa shape index (κ3) is 9.95. The van der Waals surface area contributed by atoms with Crippen molar-refractivity contribution in [1.29, 1.82) is 0 Å². The lowest BCUT2D eigenvalue weighted by molar-refractivity contribution is -0.160.